The number of amides is 1. The van der Waals surface area contributed by atoms with Crippen molar-refractivity contribution in [2.75, 3.05) is 18.6 Å². The fourth-order valence-electron chi connectivity index (χ4n) is 2.99. The van der Waals surface area contributed by atoms with Crippen molar-refractivity contribution in [2.24, 2.45) is 0 Å². The van der Waals surface area contributed by atoms with Gasteiger partial charge < -0.3 is 14.0 Å². The molecule has 1 atom stereocenters. The summed E-state index contributed by atoms with van der Waals surface area (Å²) in [6.45, 7) is 2.34. The molecule has 1 amide bonds. The average Bonchev–Trinajstić information content (AvgIpc) is 3.17. The smallest absolute Gasteiger partial charge is 0.297 e. The number of fused-ring (bicyclic) bond motifs is 1. The molecule has 26 heavy (non-hydrogen) atoms. The fraction of sp³-hybridized carbons (Fsp3) is 0.200. The highest BCUT2D eigenvalue weighted by Gasteiger charge is 2.31. The lowest BCUT2D eigenvalue weighted by Gasteiger charge is -2.33. The molecule has 6 nitrogen and oxygen atoms in total. The summed E-state index contributed by atoms with van der Waals surface area (Å²) in [5.74, 6) is 1.22. The van der Waals surface area contributed by atoms with Crippen LogP contribution >= 0.6 is 0 Å². The molecule has 2 aromatic carbocycles. The van der Waals surface area contributed by atoms with E-state index in [1.165, 1.54) is 0 Å². The molecule has 1 aliphatic rings. The monoisotopic (exact) mass is 350 g/mol. The normalized spacial score (nSPS) is 15.9. The third kappa shape index (κ3) is 2.90. The molecule has 6 heteroatoms. The standard InChI is InChI=1S/C20H18N2O4/c1-13-12-22(17-10-15(24-2)8-9-18(17)25-13)20(23)19-11-16(21-26-19)14-6-4-3-5-7-14/h3-11,13H,12H2,1-2H3. The Morgan fingerprint density at radius 2 is 2.00 bits per heavy atom. The topological polar surface area (TPSA) is 64.8 Å². The largest absolute Gasteiger partial charge is 0.497 e. The Kier molecular flexibility index (Phi) is 4.08. The van der Waals surface area contributed by atoms with Crippen LogP contribution < -0.4 is 14.4 Å². The lowest BCUT2D eigenvalue weighted by molar-refractivity contribution is 0.0925. The van der Waals surface area contributed by atoms with Crippen LogP contribution in [-0.2, 0) is 0 Å². The van der Waals surface area contributed by atoms with Gasteiger partial charge >= 0.3 is 0 Å². The Balaban J connectivity index is 1.68. The van der Waals surface area contributed by atoms with Gasteiger partial charge in [0.25, 0.3) is 5.91 Å². The molecule has 0 bridgehead atoms. The van der Waals surface area contributed by atoms with Crippen LogP contribution in [-0.4, -0.2) is 30.8 Å². The lowest BCUT2D eigenvalue weighted by atomic mass is 10.1. The number of hydrogen-bond donors (Lipinski definition) is 0. The predicted molar refractivity (Wildman–Crippen MR) is 96.7 cm³/mol. The first-order valence-electron chi connectivity index (χ1n) is 8.34. The predicted octanol–water partition coefficient (Wildman–Crippen LogP) is 3.78. The van der Waals surface area contributed by atoms with Crippen molar-refractivity contribution in [1.29, 1.82) is 0 Å². The molecule has 3 aromatic rings. The quantitative estimate of drug-likeness (QED) is 0.719. The van der Waals surface area contributed by atoms with E-state index in [4.69, 9.17) is 14.0 Å². The number of methoxy groups -OCH3 is 1. The highest BCUT2D eigenvalue weighted by atomic mass is 16.5. The second-order valence-electron chi connectivity index (χ2n) is 6.12. The van der Waals surface area contributed by atoms with Gasteiger partial charge in [0, 0.05) is 17.7 Å². The van der Waals surface area contributed by atoms with E-state index in [0.717, 1.165) is 5.56 Å². The minimum Gasteiger partial charge on any atom is -0.497 e. The summed E-state index contributed by atoms with van der Waals surface area (Å²) in [5.41, 5.74) is 2.18. The summed E-state index contributed by atoms with van der Waals surface area (Å²) in [5, 5.41) is 4.03. The van der Waals surface area contributed by atoms with E-state index in [-0.39, 0.29) is 17.8 Å². The molecule has 0 radical (unpaired) electrons. The van der Waals surface area contributed by atoms with Gasteiger partial charge in [-0.3, -0.25) is 9.69 Å². The van der Waals surface area contributed by atoms with Crippen molar-refractivity contribution in [2.45, 2.75) is 13.0 Å². The highest BCUT2D eigenvalue weighted by molar-refractivity contribution is 6.06. The number of rotatable bonds is 3. The number of nitrogens with zero attached hydrogens (tertiary/aromatic N) is 2. The van der Waals surface area contributed by atoms with Gasteiger partial charge in [-0.25, -0.2) is 0 Å². The minimum atomic E-state index is -0.260. The highest BCUT2D eigenvalue weighted by Crippen LogP contribution is 2.37. The molecule has 0 spiro atoms. The second-order valence-corrected chi connectivity index (χ2v) is 6.12. The summed E-state index contributed by atoms with van der Waals surface area (Å²) < 4.78 is 16.4. The third-order valence-electron chi connectivity index (χ3n) is 4.26. The summed E-state index contributed by atoms with van der Waals surface area (Å²) in [6, 6.07) is 16.7. The Morgan fingerprint density at radius 1 is 1.19 bits per heavy atom. The van der Waals surface area contributed by atoms with Crippen molar-refractivity contribution in [3.8, 4) is 22.8 Å². The van der Waals surface area contributed by atoms with Gasteiger partial charge in [-0.15, -0.1) is 0 Å². The van der Waals surface area contributed by atoms with Crippen molar-refractivity contribution >= 4 is 11.6 Å². The van der Waals surface area contributed by atoms with Crippen molar-refractivity contribution in [1.82, 2.24) is 5.16 Å². The van der Waals surface area contributed by atoms with E-state index in [0.29, 0.717) is 29.4 Å². The Bertz CT molecular complexity index is 936. The van der Waals surface area contributed by atoms with Gasteiger partial charge in [0.05, 0.1) is 19.3 Å². The van der Waals surface area contributed by atoms with Gasteiger partial charge in [0.2, 0.25) is 5.76 Å². The summed E-state index contributed by atoms with van der Waals surface area (Å²) >= 11 is 0. The van der Waals surface area contributed by atoms with Gasteiger partial charge in [-0.05, 0) is 19.1 Å². The van der Waals surface area contributed by atoms with E-state index < -0.39 is 0 Å². The van der Waals surface area contributed by atoms with Crippen molar-refractivity contribution in [3.05, 3.63) is 60.4 Å². The van der Waals surface area contributed by atoms with E-state index in [2.05, 4.69) is 5.16 Å². The van der Waals surface area contributed by atoms with Gasteiger partial charge in [-0.2, -0.15) is 0 Å². The zero-order chi connectivity index (χ0) is 18.1. The zero-order valence-corrected chi connectivity index (χ0v) is 14.5. The number of carbonyl (C=O) groups is 1. The van der Waals surface area contributed by atoms with Crippen LogP contribution in [0.5, 0.6) is 11.5 Å². The van der Waals surface area contributed by atoms with Gasteiger partial charge in [0.15, 0.2) is 0 Å². The molecule has 0 aliphatic carbocycles. The van der Waals surface area contributed by atoms with Crippen LogP contribution in [0.4, 0.5) is 5.69 Å². The molecule has 1 unspecified atom stereocenters. The number of carbonyl (C=O) groups excluding carboxylic acids is 1. The van der Waals surface area contributed by atoms with Crippen LogP contribution in [0.1, 0.15) is 17.5 Å². The second kappa shape index (κ2) is 6.55. The molecule has 1 aromatic heterocycles. The molecule has 0 saturated carbocycles. The summed E-state index contributed by atoms with van der Waals surface area (Å²) in [4.78, 5) is 14.7. The van der Waals surface area contributed by atoms with Crippen LogP contribution in [0, 0.1) is 0 Å². The molecular weight excluding hydrogens is 332 g/mol. The van der Waals surface area contributed by atoms with Gasteiger partial charge in [0.1, 0.15) is 23.3 Å². The Labute approximate surface area is 150 Å². The molecule has 2 heterocycles. The fourth-order valence-corrected chi connectivity index (χ4v) is 2.99. The van der Waals surface area contributed by atoms with Crippen LogP contribution in [0.2, 0.25) is 0 Å². The molecule has 4 rings (SSSR count). The van der Waals surface area contributed by atoms with Crippen molar-refractivity contribution in [3.63, 3.8) is 0 Å². The maximum atomic E-state index is 13.0. The summed E-state index contributed by atoms with van der Waals surface area (Å²) in [7, 11) is 1.59. The number of hydrogen-bond acceptors (Lipinski definition) is 5. The van der Waals surface area contributed by atoms with E-state index in [9.17, 15) is 4.79 Å². The molecule has 132 valence electrons. The molecular formula is C20H18N2O4. The third-order valence-corrected chi connectivity index (χ3v) is 4.26. The van der Waals surface area contributed by atoms with E-state index >= 15 is 0 Å². The molecule has 0 N–H and O–H groups in total. The number of anilines is 1. The SMILES string of the molecule is COc1ccc2c(c1)N(C(=O)c1cc(-c3ccccc3)no1)CC(C)O2. The summed E-state index contributed by atoms with van der Waals surface area (Å²) in [6.07, 6.45) is -0.128. The lowest BCUT2D eigenvalue weighted by Crippen LogP contribution is -2.42. The maximum Gasteiger partial charge on any atom is 0.297 e. The Morgan fingerprint density at radius 3 is 2.77 bits per heavy atom. The number of ether oxygens (including phenoxy) is 2. The van der Waals surface area contributed by atoms with Crippen LogP contribution in [0.3, 0.4) is 0 Å². The number of aromatic nitrogens is 1. The van der Waals surface area contributed by atoms with E-state index in [1.807, 2.05) is 43.3 Å². The first kappa shape index (κ1) is 16.2. The van der Waals surface area contributed by atoms with Gasteiger partial charge in [-0.1, -0.05) is 35.5 Å². The van der Waals surface area contributed by atoms with Crippen molar-refractivity contribution < 1.29 is 18.8 Å². The maximum absolute atomic E-state index is 13.0. The first-order valence-corrected chi connectivity index (χ1v) is 8.34. The number of benzene rings is 2. The first-order chi connectivity index (χ1) is 12.7. The minimum absolute atomic E-state index is 0.128. The zero-order valence-electron chi connectivity index (χ0n) is 14.5. The van der Waals surface area contributed by atoms with Crippen LogP contribution in [0.15, 0.2) is 59.1 Å². The molecule has 0 fully saturated rings. The molecule has 0 saturated heterocycles. The Hall–Kier alpha value is -3.28. The molecule has 1 aliphatic heterocycles. The average molecular weight is 350 g/mol. The van der Waals surface area contributed by atoms with E-state index in [1.54, 1.807) is 30.2 Å². The van der Waals surface area contributed by atoms with Crippen LogP contribution in [0.25, 0.3) is 11.3 Å².